The maximum atomic E-state index is 3.60. The van der Waals surface area contributed by atoms with Crippen LogP contribution in [-0.2, 0) is 0 Å². The van der Waals surface area contributed by atoms with Crippen LogP contribution in [0.2, 0.25) is 0 Å². The summed E-state index contributed by atoms with van der Waals surface area (Å²) in [6.07, 6.45) is 0. The Labute approximate surface area is 241 Å². The van der Waals surface area contributed by atoms with E-state index in [0.29, 0.717) is 0 Å². The van der Waals surface area contributed by atoms with Crippen LogP contribution in [0.5, 0.6) is 0 Å². The number of fused-ring (bicyclic) bond motifs is 2. The van der Waals surface area contributed by atoms with Crippen LogP contribution in [0.25, 0.3) is 32.7 Å². The fourth-order valence-electron chi connectivity index (χ4n) is 5.56. The van der Waals surface area contributed by atoms with Crippen LogP contribution in [0.1, 0.15) is 5.56 Å². The van der Waals surface area contributed by atoms with Gasteiger partial charge in [-0.1, -0.05) is 115 Å². The molecule has 7 aromatic carbocycles. The standard InChI is InChI=1S/C39H30N2/c1-28-16-24-34(25-17-28)41(39-15-7-11-32-9-3-5-13-37(32)39)35-26-20-30(21-27-35)29-18-22-33(23-19-29)40-38-14-6-10-31-8-2-4-12-36(31)38/h2-27,40H,1H3. The molecule has 0 aromatic heterocycles. The van der Waals surface area contributed by atoms with Crippen LogP contribution >= 0.6 is 0 Å². The second kappa shape index (κ2) is 10.7. The Kier molecular flexibility index (Phi) is 6.42. The molecule has 196 valence electrons. The lowest BCUT2D eigenvalue weighted by molar-refractivity contribution is 1.29. The highest BCUT2D eigenvalue weighted by atomic mass is 15.1. The number of benzene rings is 7. The lowest BCUT2D eigenvalue weighted by atomic mass is 10.0. The Bertz CT molecular complexity index is 1940. The summed E-state index contributed by atoms with van der Waals surface area (Å²) in [5, 5.41) is 8.52. The average Bonchev–Trinajstić information content (AvgIpc) is 3.03. The highest BCUT2D eigenvalue weighted by Gasteiger charge is 2.15. The molecule has 0 aliphatic heterocycles. The number of nitrogens with zero attached hydrogens (tertiary/aromatic N) is 1. The molecule has 7 rings (SSSR count). The van der Waals surface area contributed by atoms with E-state index in [9.17, 15) is 0 Å². The van der Waals surface area contributed by atoms with Crippen molar-refractivity contribution in [2.45, 2.75) is 6.92 Å². The Morgan fingerprint density at radius 3 is 1.63 bits per heavy atom. The molecule has 0 aliphatic carbocycles. The molecular formula is C39H30N2. The van der Waals surface area contributed by atoms with E-state index in [-0.39, 0.29) is 0 Å². The summed E-state index contributed by atoms with van der Waals surface area (Å²) in [5.74, 6) is 0. The third kappa shape index (κ3) is 4.92. The molecule has 0 saturated carbocycles. The molecule has 41 heavy (non-hydrogen) atoms. The topological polar surface area (TPSA) is 15.3 Å². The van der Waals surface area contributed by atoms with Gasteiger partial charge in [0.15, 0.2) is 0 Å². The number of nitrogens with one attached hydrogen (secondary N) is 1. The summed E-state index contributed by atoms with van der Waals surface area (Å²) in [6.45, 7) is 2.13. The molecule has 0 radical (unpaired) electrons. The summed E-state index contributed by atoms with van der Waals surface area (Å²) in [7, 11) is 0. The molecule has 7 aromatic rings. The van der Waals surface area contributed by atoms with Gasteiger partial charge >= 0.3 is 0 Å². The Morgan fingerprint density at radius 2 is 0.951 bits per heavy atom. The average molecular weight is 527 g/mol. The molecule has 0 unspecified atom stereocenters. The molecule has 0 heterocycles. The first-order valence-electron chi connectivity index (χ1n) is 14.0. The first-order chi connectivity index (χ1) is 20.2. The number of anilines is 5. The van der Waals surface area contributed by atoms with Crippen molar-refractivity contribution < 1.29 is 0 Å². The van der Waals surface area contributed by atoms with Gasteiger partial charge in [-0.15, -0.1) is 0 Å². The van der Waals surface area contributed by atoms with E-state index in [0.717, 1.165) is 22.7 Å². The molecule has 0 aliphatic rings. The monoisotopic (exact) mass is 526 g/mol. The fourth-order valence-corrected chi connectivity index (χ4v) is 5.56. The van der Waals surface area contributed by atoms with Gasteiger partial charge in [0.05, 0.1) is 5.69 Å². The van der Waals surface area contributed by atoms with E-state index in [1.165, 1.54) is 43.9 Å². The number of hydrogen-bond donors (Lipinski definition) is 1. The molecule has 0 atom stereocenters. The van der Waals surface area contributed by atoms with E-state index in [2.05, 4.69) is 175 Å². The summed E-state index contributed by atoms with van der Waals surface area (Å²) >= 11 is 0. The smallest absolute Gasteiger partial charge is 0.0540 e. The van der Waals surface area contributed by atoms with E-state index in [1.807, 2.05) is 0 Å². The zero-order valence-electron chi connectivity index (χ0n) is 23.0. The second-order valence-electron chi connectivity index (χ2n) is 10.4. The molecular weight excluding hydrogens is 496 g/mol. The zero-order valence-corrected chi connectivity index (χ0v) is 23.0. The Hall–Kier alpha value is -5.34. The maximum absolute atomic E-state index is 3.60. The van der Waals surface area contributed by atoms with Crippen molar-refractivity contribution in [1.82, 2.24) is 0 Å². The van der Waals surface area contributed by atoms with Crippen molar-refractivity contribution in [1.29, 1.82) is 0 Å². The van der Waals surface area contributed by atoms with Gasteiger partial charge in [0, 0.05) is 33.5 Å². The normalized spacial score (nSPS) is 11.0. The van der Waals surface area contributed by atoms with Gasteiger partial charge in [0.25, 0.3) is 0 Å². The van der Waals surface area contributed by atoms with Crippen molar-refractivity contribution in [3.8, 4) is 11.1 Å². The quantitative estimate of drug-likeness (QED) is 0.232. The van der Waals surface area contributed by atoms with Gasteiger partial charge < -0.3 is 10.2 Å². The molecule has 2 heteroatoms. The van der Waals surface area contributed by atoms with Crippen LogP contribution in [0.4, 0.5) is 28.4 Å². The van der Waals surface area contributed by atoms with Crippen molar-refractivity contribution in [2.24, 2.45) is 0 Å². The molecule has 0 bridgehead atoms. The third-order valence-corrected chi connectivity index (χ3v) is 7.71. The van der Waals surface area contributed by atoms with Crippen molar-refractivity contribution in [3.63, 3.8) is 0 Å². The summed E-state index contributed by atoms with van der Waals surface area (Å²) in [6, 6.07) is 56.3. The van der Waals surface area contributed by atoms with Crippen LogP contribution in [0.3, 0.4) is 0 Å². The van der Waals surface area contributed by atoms with Crippen molar-refractivity contribution in [3.05, 3.63) is 163 Å². The highest BCUT2D eigenvalue weighted by Crippen LogP contribution is 2.39. The summed E-state index contributed by atoms with van der Waals surface area (Å²) in [4.78, 5) is 2.35. The maximum Gasteiger partial charge on any atom is 0.0540 e. The Balaban J connectivity index is 1.20. The number of aryl methyl sites for hydroxylation is 1. The first kappa shape index (κ1) is 24.7. The van der Waals surface area contributed by atoms with Gasteiger partial charge in [-0.3, -0.25) is 0 Å². The minimum absolute atomic E-state index is 1.07. The van der Waals surface area contributed by atoms with Gasteiger partial charge in [-0.2, -0.15) is 0 Å². The molecule has 0 fully saturated rings. The molecule has 0 spiro atoms. The molecule has 2 nitrogen and oxygen atoms in total. The van der Waals surface area contributed by atoms with Crippen molar-refractivity contribution >= 4 is 50.0 Å². The SMILES string of the molecule is Cc1ccc(N(c2ccc(-c3ccc(Nc4cccc5ccccc45)cc3)cc2)c2cccc3ccccc23)cc1. The van der Waals surface area contributed by atoms with Crippen LogP contribution < -0.4 is 10.2 Å². The van der Waals surface area contributed by atoms with E-state index in [4.69, 9.17) is 0 Å². The summed E-state index contributed by atoms with van der Waals surface area (Å²) < 4.78 is 0. The highest BCUT2D eigenvalue weighted by molar-refractivity contribution is 5.99. The minimum atomic E-state index is 1.07. The number of hydrogen-bond acceptors (Lipinski definition) is 2. The lowest BCUT2D eigenvalue weighted by Crippen LogP contribution is -2.10. The molecule has 0 saturated heterocycles. The minimum Gasteiger partial charge on any atom is -0.355 e. The second-order valence-corrected chi connectivity index (χ2v) is 10.4. The largest absolute Gasteiger partial charge is 0.355 e. The van der Waals surface area contributed by atoms with E-state index in [1.54, 1.807) is 0 Å². The van der Waals surface area contributed by atoms with Crippen LogP contribution in [0.15, 0.2) is 158 Å². The fraction of sp³-hybridized carbons (Fsp3) is 0.0256. The predicted octanol–water partition coefficient (Wildman–Crippen LogP) is 11.2. The van der Waals surface area contributed by atoms with Crippen LogP contribution in [-0.4, -0.2) is 0 Å². The molecule has 1 N–H and O–H groups in total. The lowest BCUT2D eigenvalue weighted by Gasteiger charge is -2.27. The van der Waals surface area contributed by atoms with Gasteiger partial charge in [0.2, 0.25) is 0 Å². The number of rotatable bonds is 6. The van der Waals surface area contributed by atoms with Crippen molar-refractivity contribution in [2.75, 3.05) is 10.2 Å². The first-order valence-corrected chi connectivity index (χ1v) is 14.0. The van der Waals surface area contributed by atoms with Crippen LogP contribution in [0, 0.1) is 6.92 Å². The van der Waals surface area contributed by atoms with Gasteiger partial charge in [-0.25, -0.2) is 0 Å². The third-order valence-electron chi connectivity index (χ3n) is 7.71. The Morgan fingerprint density at radius 1 is 0.439 bits per heavy atom. The summed E-state index contributed by atoms with van der Waals surface area (Å²) in [5.41, 5.74) is 9.25. The molecule has 0 amide bonds. The zero-order chi connectivity index (χ0) is 27.6. The van der Waals surface area contributed by atoms with E-state index < -0.39 is 0 Å². The van der Waals surface area contributed by atoms with E-state index >= 15 is 0 Å². The van der Waals surface area contributed by atoms with Gasteiger partial charge in [0.1, 0.15) is 0 Å². The van der Waals surface area contributed by atoms with Gasteiger partial charge in [-0.05, 0) is 77.4 Å². The predicted molar refractivity (Wildman–Crippen MR) is 176 cm³/mol.